The van der Waals surface area contributed by atoms with Crippen LogP contribution in [0.25, 0.3) is 12.2 Å². The summed E-state index contributed by atoms with van der Waals surface area (Å²) >= 11 is 5.99. The van der Waals surface area contributed by atoms with E-state index in [9.17, 15) is 17.6 Å². The summed E-state index contributed by atoms with van der Waals surface area (Å²) in [6, 6.07) is 11.5. The van der Waals surface area contributed by atoms with Crippen LogP contribution in [0, 0.1) is 25.6 Å². The highest BCUT2D eigenvalue weighted by Gasteiger charge is 2.36. The molecule has 0 radical (unpaired) electrons. The van der Waals surface area contributed by atoms with Crippen LogP contribution in [0.4, 0.5) is 10.1 Å². The molecule has 0 unspecified atom stereocenters. The van der Waals surface area contributed by atoms with Gasteiger partial charge in [-0.05, 0) is 56.5 Å². The number of rotatable bonds is 6. The van der Waals surface area contributed by atoms with Crippen molar-refractivity contribution < 1.29 is 22.1 Å². The van der Waals surface area contributed by atoms with E-state index in [1.54, 1.807) is 19.1 Å². The Morgan fingerprint density at radius 2 is 1.83 bits per heavy atom. The third-order valence-electron chi connectivity index (χ3n) is 5.95. The maximum atomic E-state index is 13.4. The number of halogens is 2. The Morgan fingerprint density at radius 3 is 2.49 bits per heavy atom. The number of aromatic nitrogens is 1. The molecular formula is C25H25ClFN3O4S. The molecule has 0 aliphatic carbocycles. The summed E-state index contributed by atoms with van der Waals surface area (Å²) in [5, 5.41) is 6.68. The highest BCUT2D eigenvalue weighted by Crippen LogP contribution is 2.30. The van der Waals surface area contributed by atoms with Crippen LogP contribution < -0.4 is 5.32 Å². The lowest BCUT2D eigenvalue weighted by atomic mass is 9.97. The number of benzene rings is 2. The van der Waals surface area contributed by atoms with Gasteiger partial charge in [0, 0.05) is 19.0 Å². The average molecular weight is 518 g/mol. The predicted molar refractivity (Wildman–Crippen MR) is 133 cm³/mol. The number of nitrogens with one attached hydrogen (secondary N) is 1. The third-order valence-corrected chi connectivity index (χ3v) is 8.32. The lowest BCUT2D eigenvalue weighted by Crippen LogP contribution is -2.41. The van der Waals surface area contributed by atoms with Crippen LogP contribution in [0.2, 0.25) is 5.02 Å². The molecule has 10 heteroatoms. The fourth-order valence-corrected chi connectivity index (χ4v) is 5.90. The number of carbonyl (C=O) groups is 1. The van der Waals surface area contributed by atoms with Crippen LogP contribution in [0.1, 0.15) is 35.4 Å². The van der Waals surface area contributed by atoms with Crippen molar-refractivity contribution in [2.75, 3.05) is 18.4 Å². The van der Waals surface area contributed by atoms with E-state index in [0.717, 1.165) is 17.2 Å². The molecule has 1 amide bonds. The third kappa shape index (κ3) is 5.63. The fourth-order valence-electron chi connectivity index (χ4n) is 3.96. The molecule has 4 rings (SSSR count). The Balaban J connectivity index is 1.45. The molecule has 1 fully saturated rings. The summed E-state index contributed by atoms with van der Waals surface area (Å²) in [4.78, 5) is 12.7. The molecule has 1 N–H and O–H groups in total. The zero-order chi connectivity index (χ0) is 25.2. The van der Waals surface area contributed by atoms with E-state index in [0.29, 0.717) is 18.5 Å². The van der Waals surface area contributed by atoms with Crippen molar-refractivity contribution in [2.45, 2.75) is 31.6 Å². The quantitative estimate of drug-likeness (QED) is 0.479. The SMILES string of the molecule is Cc1ccc(C=Cc2onc(C)c2S(=O)(=O)N2CCC(C(=O)Nc3ccc(F)cc3Cl)CC2)cc1. The molecule has 0 atom stereocenters. The van der Waals surface area contributed by atoms with Crippen molar-refractivity contribution in [3.8, 4) is 0 Å². The first-order valence-corrected chi connectivity index (χ1v) is 12.9. The number of nitrogens with zero attached hydrogens (tertiary/aromatic N) is 2. The van der Waals surface area contributed by atoms with Gasteiger partial charge in [0.25, 0.3) is 0 Å². The molecule has 3 aromatic rings. The van der Waals surface area contributed by atoms with Gasteiger partial charge in [0.2, 0.25) is 15.9 Å². The van der Waals surface area contributed by atoms with Gasteiger partial charge in [-0.25, -0.2) is 12.8 Å². The summed E-state index contributed by atoms with van der Waals surface area (Å²) < 4.78 is 46.8. The van der Waals surface area contributed by atoms with Gasteiger partial charge >= 0.3 is 0 Å². The van der Waals surface area contributed by atoms with E-state index in [2.05, 4.69) is 10.5 Å². The molecule has 7 nitrogen and oxygen atoms in total. The van der Waals surface area contributed by atoms with Crippen LogP contribution in [0.15, 0.2) is 51.9 Å². The molecule has 0 bridgehead atoms. The number of carbonyl (C=O) groups excluding carboxylic acids is 1. The summed E-state index contributed by atoms with van der Waals surface area (Å²) in [6.07, 6.45) is 4.05. The molecule has 2 heterocycles. The molecular weight excluding hydrogens is 493 g/mol. The summed E-state index contributed by atoms with van der Waals surface area (Å²) in [5.41, 5.74) is 2.62. The fraction of sp³-hybridized carbons (Fsp3) is 0.280. The maximum absolute atomic E-state index is 13.4. The zero-order valence-corrected chi connectivity index (χ0v) is 20.9. The minimum atomic E-state index is -3.88. The zero-order valence-electron chi connectivity index (χ0n) is 19.3. The van der Waals surface area contributed by atoms with Gasteiger partial charge in [0.15, 0.2) is 10.7 Å². The Morgan fingerprint density at radius 1 is 1.14 bits per heavy atom. The van der Waals surface area contributed by atoms with E-state index >= 15 is 0 Å². The molecule has 1 aromatic heterocycles. The van der Waals surface area contributed by atoms with Crippen molar-refractivity contribution in [3.63, 3.8) is 0 Å². The number of anilines is 1. The van der Waals surface area contributed by atoms with Crippen molar-refractivity contribution >= 4 is 45.4 Å². The van der Waals surface area contributed by atoms with Crippen molar-refractivity contribution in [3.05, 3.63) is 75.9 Å². The topological polar surface area (TPSA) is 92.5 Å². The van der Waals surface area contributed by atoms with Gasteiger partial charge in [0.05, 0.1) is 10.7 Å². The lowest BCUT2D eigenvalue weighted by molar-refractivity contribution is -0.120. The first kappa shape index (κ1) is 25.1. The number of amides is 1. The van der Waals surface area contributed by atoms with Crippen LogP contribution >= 0.6 is 11.6 Å². The van der Waals surface area contributed by atoms with Gasteiger partial charge in [-0.15, -0.1) is 0 Å². The van der Waals surface area contributed by atoms with Gasteiger partial charge < -0.3 is 9.84 Å². The normalized spacial score (nSPS) is 15.5. The number of hydrogen-bond acceptors (Lipinski definition) is 5. The second-order valence-corrected chi connectivity index (χ2v) is 10.8. The van der Waals surface area contributed by atoms with Gasteiger partial charge in [-0.3, -0.25) is 4.79 Å². The average Bonchev–Trinajstić information content (AvgIpc) is 3.21. The van der Waals surface area contributed by atoms with Gasteiger partial charge in [0.1, 0.15) is 11.5 Å². The monoisotopic (exact) mass is 517 g/mol. The second kappa shape index (κ2) is 10.3. The minimum Gasteiger partial charge on any atom is -0.355 e. The predicted octanol–water partition coefficient (Wildman–Crippen LogP) is 5.29. The van der Waals surface area contributed by atoms with E-state index in [-0.39, 0.29) is 40.4 Å². The molecule has 35 heavy (non-hydrogen) atoms. The van der Waals surface area contributed by atoms with Crippen LogP contribution in [0.5, 0.6) is 0 Å². The number of piperidine rings is 1. The Labute approximate surface area is 208 Å². The molecule has 184 valence electrons. The van der Waals surface area contributed by atoms with E-state index in [1.165, 1.54) is 16.4 Å². The van der Waals surface area contributed by atoms with Crippen LogP contribution in [-0.2, 0) is 14.8 Å². The summed E-state index contributed by atoms with van der Waals surface area (Å²) in [6.45, 7) is 3.92. The number of sulfonamides is 1. The lowest BCUT2D eigenvalue weighted by Gasteiger charge is -2.30. The molecule has 0 spiro atoms. The molecule has 2 aromatic carbocycles. The standard InChI is InChI=1S/C25H25ClFN3O4S/c1-16-3-5-18(6-4-16)7-10-23-24(17(2)29-34-23)35(32,33)30-13-11-19(12-14-30)25(31)28-22-9-8-20(27)15-21(22)26/h3-10,15,19H,11-14H2,1-2H3,(H,28,31). The summed E-state index contributed by atoms with van der Waals surface area (Å²) in [7, 11) is -3.88. The molecule has 1 aliphatic rings. The van der Waals surface area contributed by atoms with Crippen molar-refractivity contribution in [1.82, 2.24) is 9.46 Å². The Hall–Kier alpha value is -3.01. The van der Waals surface area contributed by atoms with Crippen LogP contribution in [0.3, 0.4) is 0 Å². The van der Waals surface area contributed by atoms with E-state index < -0.39 is 21.8 Å². The van der Waals surface area contributed by atoms with Gasteiger partial charge in [-0.2, -0.15) is 4.31 Å². The maximum Gasteiger partial charge on any atom is 0.248 e. The smallest absolute Gasteiger partial charge is 0.248 e. The second-order valence-electron chi connectivity index (χ2n) is 8.50. The summed E-state index contributed by atoms with van der Waals surface area (Å²) in [5.74, 6) is -1.01. The highest BCUT2D eigenvalue weighted by molar-refractivity contribution is 7.89. The van der Waals surface area contributed by atoms with E-state index in [4.69, 9.17) is 16.1 Å². The largest absolute Gasteiger partial charge is 0.355 e. The first-order chi connectivity index (χ1) is 16.6. The van der Waals surface area contributed by atoms with Crippen molar-refractivity contribution in [2.24, 2.45) is 5.92 Å². The van der Waals surface area contributed by atoms with Crippen LogP contribution in [-0.4, -0.2) is 36.9 Å². The number of aryl methyl sites for hydroxylation is 2. The molecule has 1 saturated heterocycles. The molecule has 0 saturated carbocycles. The van der Waals surface area contributed by atoms with Gasteiger partial charge in [-0.1, -0.05) is 52.7 Å². The van der Waals surface area contributed by atoms with Crippen molar-refractivity contribution in [1.29, 1.82) is 0 Å². The first-order valence-electron chi connectivity index (χ1n) is 11.1. The number of hydrogen-bond donors (Lipinski definition) is 1. The van der Waals surface area contributed by atoms with E-state index in [1.807, 2.05) is 31.2 Å². The molecule has 1 aliphatic heterocycles. The highest BCUT2D eigenvalue weighted by atomic mass is 35.5. The Bertz CT molecular complexity index is 1360. The Kier molecular flexibility index (Phi) is 7.39. The minimum absolute atomic E-state index is 0.0295.